The van der Waals surface area contributed by atoms with E-state index in [0.717, 1.165) is 43.2 Å². The second-order valence-corrected chi connectivity index (χ2v) is 5.08. The van der Waals surface area contributed by atoms with Gasteiger partial charge in [-0.2, -0.15) is 0 Å². The lowest BCUT2D eigenvalue weighted by molar-refractivity contribution is -0.112. The normalized spacial score (nSPS) is 19.4. The molecule has 2 N–H and O–H groups in total. The van der Waals surface area contributed by atoms with E-state index in [9.17, 15) is 0 Å². The third-order valence-corrected chi connectivity index (χ3v) is 4.14. The van der Waals surface area contributed by atoms with E-state index in [1.807, 2.05) is 6.92 Å². The number of ether oxygens (including phenoxy) is 2. The minimum Gasteiger partial charge on any atom is -0.381 e. The van der Waals surface area contributed by atoms with Crippen molar-refractivity contribution < 1.29 is 9.47 Å². The van der Waals surface area contributed by atoms with Crippen LogP contribution in [-0.2, 0) is 21.5 Å². The second-order valence-electron chi connectivity index (χ2n) is 4.22. The summed E-state index contributed by atoms with van der Waals surface area (Å²) in [5.74, 6) is 0. The summed E-state index contributed by atoms with van der Waals surface area (Å²) < 4.78 is 11.4. The van der Waals surface area contributed by atoms with Gasteiger partial charge in [0.2, 0.25) is 0 Å². The van der Waals surface area contributed by atoms with Crippen molar-refractivity contribution >= 4 is 11.3 Å². The van der Waals surface area contributed by atoms with Crippen molar-refractivity contribution in [3.05, 3.63) is 16.1 Å². The fourth-order valence-corrected chi connectivity index (χ4v) is 3.24. The number of thiazole rings is 1. The maximum Gasteiger partial charge on any atom is 0.125 e. The monoisotopic (exact) mass is 256 g/mol. The van der Waals surface area contributed by atoms with Crippen LogP contribution in [0.2, 0.25) is 0 Å². The molecule has 0 aromatic carbocycles. The molecule has 0 radical (unpaired) electrons. The molecule has 4 nitrogen and oxygen atoms in total. The van der Waals surface area contributed by atoms with E-state index in [4.69, 9.17) is 15.2 Å². The van der Waals surface area contributed by atoms with Crippen molar-refractivity contribution in [3.63, 3.8) is 0 Å². The van der Waals surface area contributed by atoms with Crippen LogP contribution >= 0.6 is 11.3 Å². The van der Waals surface area contributed by atoms with Crippen molar-refractivity contribution in [2.45, 2.75) is 31.8 Å². The molecule has 1 fully saturated rings. The van der Waals surface area contributed by atoms with Crippen LogP contribution in [-0.4, -0.2) is 31.3 Å². The van der Waals surface area contributed by atoms with E-state index in [1.54, 1.807) is 11.3 Å². The van der Waals surface area contributed by atoms with E-state index in [-0.39, 0.29) is 5.60 Å². The third kappa shape index (κ3) is 2.85. The number of nitrogens with two attached hydrogens (primary N) is 1. The van der Waals surface area contributed by atoms with Gasteiger partial charge in [0.25, 0.3) is 0 Å². The fourth-order valence-electron chi connectivity index (χ4n) is 2.18. The molecule has 0 bridgehead atoms. The summed E-state index contributed by atoms with van der Waals surface area (Å²) in [4.78, 5) is 4.67. The summed E-state index contributed by atoms with van der Waals surface area (Å²) in [7, 11) is 0. The largest absolute Gasteiger partial charge is 0.381 e. The summed E-state index contributed by atoms with van der Waals surface area (Å²) in [5, 5.41) is 3.18. The predicted octanol–water partition coefficient (Wildman–Crippen LogP) is 1.69. The smallest absolute Gasteiger partial charge is 0.125 e. The first kappa shape index (κ1) is 13.0. The Labute approximate surface area is 106 Å². The highest BCUT2D eigenvalue weighted by atomic mass is 32.1. The maximum atomic E-state index is 5.98. The predicted molar refractivity (Wildman–Crippen MR) is 68.2 cm³/mol. The molecule has 0 atom stereocenters. The number of aromatic nitrogens is 1. The minimum atomic E-state index is -0.218. The molecule has 0 aliphatic carbocycles. The van der Waals surface area contributed by atoms with Crippen molar-refractivity contribution in [1.29, 1.82) is 0 Å². The molecular weight excluding hydrogens is 236 g/mol. The summed E-state index contributed by atoms with van der Waals surface area (Å²) >= 11 is 1.69. The zero-order chi connectivity index (χ0) is 12.1. The van der Waals surface area contributed by atoms with E-state index >= 15 is 0 Å². The minimum absolute atomic E-state index is 0.218. The van der Waals surface area contributed by atoms with Crippen molar-refractivity contribution in [1.82, 2.24) is 4.98 Å². The van der Waals surface area contributed by atoms with Gasteiger partial charge in [0.05, 0.1) is 5.69 Å². The van der Waals surface area contributed by atoms with E-state index in [1.165, 1.54) is 0 Å². The molecule has 0 amide bonds. The Bertz CT molecular complexity index is 343. The molecule has 2 rings (SSSR count). The summed E-state index contributed by atoms with van der Waals surface area (Å²) in [6, 6.07) is 0. The lowest BCUT2D eigenvalue weighted by Gasteiger charge is -2.35. The lowest BCUT2D eigenvalue weighted by atomic mass is 9.95. The summed E-state index contributed by atoms with van der Waals surface area (Å²) in [6.07, 6.45) is 2.64. The number of hydrogen-bond donors (Lipinski definition) is 1. The molecule has 17 heavy (non-hydrogen) atoms. The molecule has 1 saturated heterocycles. The Kier molecular flexibility index (Phi) is 4.50. The first-order valence-electron chi connectivity index (χ1n) is 6.17. The molecule has 0 unspecified atom stereocenters. The van der Waals surface area contributed by atoms with Crippen molar-refractivity contribution in [3.8, 4) is 0 Å². The van der Waals surface area contributed by atoms with Gasteiger partial charge >= 0.3 is 0 Å². The second kappa shape index (κ2) is 5.91. The molecule has 0 saturated carbocycles. The fraction of sp³-hybridized carbons (Fsp3) is 0.750. The highest BCUT2D eigenvalue weighted by Crippen LogP contribution is 2.37. The number of rotatable bonds is 5. The first-order chi connectivity index (χ1) is 8.30. The molecule has 5 heteroatoms. The van der Waals surface area contributed by atoms with Crippen LogP contribution in [0.5, 0.6) is 0 Å². The standard InChI is InChI=1S/C12H20N2O2S/c1-2-16-12(4-7-15-8-5-12)11-14-10(3-6-13)9-17-11/h9H,2-8,13H2,1H3. The summed E-state index contributed by atoms with van der Waals surface area (Å²) in [6.45, 7) is 4.91. The van der Waals surface area contributed by atoms with Crippen LogP contribution < -0.4 is 5.73 Å². The Hall–Kier alpha value is -0.490. The number of hydrogen-bond acceptors (Lipinski definition) is 5. The lowest BCUT2D eigenvalue weighted by Crippen LogP contribution is -2.36. The maximum absolute atomic E-state index is 5.98. The van der Waals surface area contributed by atoms with E-state index in [2.05, 4.69) is 10.4 Å². The van der Waals surface area contributed by atoms with Gasteiger partial charge in [-0.05, 0) is 13.5 Å². The Morgan fingerprint density at radius 2 is 2.29 bits per heavy atom. The Morgan fingerprint density at radius 3 is 2.94 bits per heavy atom. The third-order valence-electron chi connectivity index (χ3n) is 3.06. The van der Waals surface area contributed by atoms with Crippen LogP contribution in [0.3, 0.4) is 0 Å². The Balaban J connectivity index is 2.18. The van der Waals surface area contributed by atoms with Crippen LogP contribution in [0.1, 0.15) is 30.5 Å². The Morgan fingerprint density at radius 1 is 1.53 bits per heavy atom. The van der Waals surface area contributed by atoms with Gasteiger partial charge in [-0.3, -0.25) is 0 Å². The topological polar surface area (TPSA) is 57.4 Å². The molecule has 1 aliphatic heterocycles. The molecular formula is C12H20N2O2S. The average Bonchev–Trinajstić information content (AvgIpc) is 2.80. The van der Waals surface area contributed by atoms with Crippen LogP contribution in [0.15, 0.2) is 5.38 Å². The van der Waals surface area contributed by atoms with E-state index < -0.39 is 0 Å². The molecule has 1 aromatic heterocycles. The van der Waals surface area contributed by atoms with Gasteiger partial charge in [0, 0.05) is 44.5 Å². The summed E-state index contributed by atoms with van der Waals surface area (Å²) in [5.41, 5.74) is 6.42. The van der Waals surface area contributed by atoms with E-state index in [0.29, 0.717) is 13.2 Å². The SMILES string of the molecule is CCOC1(c2nc(CCN)cs2)CCOCC1. The average molecular weight is 256 g/mol. The molecule has 96 valence electrons. The molecule has 0 spiro atoms. The zero-order valence-corrected chi connectivity index (χ0v) is 11.1. The van der Waals surface area contributed by atoms with Crippen LogP contribution in [0.4, 0.5) is 0 Å². The zero-order valence-electron chi connectivity index (χ0n) is 10.3. The van der Waals surface area contributed by atoms with Gasteiger partial charge in [0.1, 0.15) is 10.6 Å². The highest BCUT2D eigenvalue weighted by Gasteiger charge is 2.37. The number of nitrogens with zero attached hydrogens (tertiary/aromatic N) is 1. The van der Waals surface area contributed by atoms with Crippen molar-refractivity contribution in [2.24, 2.45) is 5.73 Å². The molecule has 1 aliphatic rings. The van der Waals surface area contributed by atoms with Gasteiger partial charge < -0.3 is 15.2 Å². The van der Waals surface area contributed by atoms with Gasteiger partial charge in [-0.1, -0.05) is 0 Å². The highest BCUT2D eigenvalue weighted by molar-refractivity contribution is 7.09. The first-order valence-corrected chi connectivity index (χ1v) is 7.05. The van der Waals surface area contributed by atoms with Crippen molar-refractivity contribution in [2.75, 3.05) is 26.4 Å². The van der Waals surface area contributed by atoms with Crippen LogP contribution in [0, 0.1) is 0 Å². The van der Waals surface area contributed by atoms with Crippen LogP contribution in [0.25, 0.3) is 0 Å². The molecule has 2 heterocycles. The van der Waals surface area contributed by atoms with Gasteiger partial charge in [-0.25, -0.2) is 4.98 Å². The quantitative estimate of drug-likeness (QED) is 0.871. The van der Waals surface area contributed by atoms with Gasteiger partial charge in [-0.15, -0.1) is 11.3 Å². The van der Waals surface area contributed by atoms with Gasteiger partial charge in [0.15, 0.2) is 0 Å². The molecule has 1 aromatic rings.